The first-order valence-electron chi connectivity index (χ1n) is 7.36. The van der Waals surface area contributed by atoms with E-state index < -0.39 is 0 Å². The lowest BCUT2D eigenvalue weighted by Crippen LogP contribution is -2.39. The molecule has 1 saturated heterocycles. The molecule has 1 amide bonds. The minimum atomic E-state index is -0.201. The maximum atomic E-state index is 12.0. The number of benzene rings is 1. The van der Waals surface area contributed by atoms with Crippen molar-refractivity contribution in [2.24, 2.45) is 11.7 Å². The first-order chi connectivity index (χ1) is 9.65. The SMILES string of the molecule is CC(N)CC1CCN(C(=O)OCc2ccccc2)CC1. The lowest BCUT2D eigenvalue weighted by atomic mass is 9.91. The quantitative estimate of drug-likeness (QED) is 0.920. The summed E-state index contributed by atoms with van der Waals surface area (Å²) in [6.07, 6.45) is 2.91. The van der Waals surface area contributed by atoms with Crippen molar-refractivity contribution in [2.75, 3.05) is 13.1 Å². The summed E-state index contributed by atoms with van der Waals surface area (Å²) in [6.45, 7) is 3.95. The molecule has 0 radical (unpaired) electrons. The van der Waals surface area contributed by atoms with Gasteiger partial charge >= 0.3 is 6.09 Å². The largest absolute Gasteiger partial charge is 0.445 e. The number of nitrogens with zero attached hydrogens (tertiary/aromatic N) is 1. The van der Waals surface area contributed by atoms with Gasteiger partial charge in [0.15, 0.2) is 0 Å². The lowest BCUT2D eigenvalue weighted by Gasteiger charge is -2.32. The van der Waals surface area contributed by atoms with Crippen LogP contribution in [-0.2, 0) is 11.3 Å². The van der Waals surface area contributed by atoms with E-state index >= 15 is 0 Å². The monoisotopic (exact) mass is 276 g/mol. The van der Waals surface area contributed by atoms with Gasteiger partial charge in [-0.1, -0.05) is 30.3 Å². The van der Waals surface area contributed by atoms with Crippen LogP contribution < -0.4 is 5.73 Å². The summed E-state index contributed by atoms with van der Waals surface area (Å²) in [5, 5.41) is 0. The Morgan fingerprint density at radius 1 is 1.35 bits per heavy atom. The van der Waals surface area contributed by atoms with Crippen molar-refractivity contribution in [2.45, 2.75) is 38.8 Å². The maximum Gasteiger partial charge on any atom is 0.410 e. The van der Waals surface area contributed by atoms with E-state index in [0.29, 0.717) is 12.5 Å². The smallest absolute Gasteiger partial charge is 0.410 e. The van der Waals surface area contributed by atoms with Crippen molar-refractivity contribution in [3.05, 3.63) is 35.9 Å². The number of ether oxygens (including phenoxy) is 1. The summed E-state index contributed by atoms with van der Waals surface area (Å²) in [5.41, 5.74) is 6.85. The molecule has 2 rings (SSSR count). The molecule has 20 heavy (non-hydrogen) atoms. The molecular formula is C16H24N2O2. The van der Waals surface area contributed by atoms with Gasteiger partial charge in [0.1, 0.15) is 6.61 Å². The molecule has 1 aromatic carbocycles. The van der Waals surface area contributed by atoms with Gasteiger partial charge in [-0.15, -0.1) is 0 Å². The van der Waals surface area contributed by atoms with Crippen molar-refractivity contribution in [1.29, 1.82) is 0 Å². The third-order valence-electron chi connectivity index (χ3n) is 3.78. The second-order valence-corrected chi connectivity index (χ2v) is 5.68. The van der Waals surface area contributed by atoms with Crippen molar-refractivity contribution < 1.29 is 9.53 Å². The van der Waals surface area contributed by atoms with Gasteiger partial charge in [0.05, 0.1) is 0 Å². The van der Waals surface area contributed by atoms with Crippen LogP contribution in [0.3, 0.4) is 0 Å². The van der Waals surface area contributed by atoms with Crippen LogP contribution in [0.1, 0.15) is 31.7 Å². The van der Waals surface area contributed by atoms with E-state index in [2.05, 4.69) is 0 Å². The lowest BCUT2D eigenvalue weighted by molar-refractivity contribution is 0.0811. The molecule has 4 nitrogen and oxygen atoms in total. The van der Waals surface area contributed by atoms with E-state index in [1.807, 2.05) is 37.3 Å². The number of carbonyl (C=O) groups is 1. The highest BCUT2D eigenvalue weighted by Gasteiger charge is 2.24. The molecule has 0 bridgehead atoms. The molecule has 0 aromatic heterocycles. The van der Waals surface area contributed by atoms with Gasteiger partial charge in [0.2, 0.25) is 0 Å². The highest BCUT2D eigenvalue weighted by atomic mass is 16.6. The highest BCUT2D eigenvalue weighted by molar-refractivity contribution is 5.67. The number of amides is 1. The number of rotatable bonds is 4. The van der Waals surface area contributed by atoms with Crippen molar-refractivity contribution in [1.82, 2.24) is 4.90 Å². The fourth-order valence-electron chi connectivity index (χ4n) is 2.69. The summed E-state index contributed by atoms with van der Waals surface area (Å²) < 4.78 is 5.35. The van der Waals surface area contributed by atoms with E-state index in [-0.39, 0.29) is 12.1 Å². The number of hydrogen-bond donors (Lipinski definition) is 1. The number of piperidine rings is 1. The van der Waals surface area contributed by atoms with Crippen LogP contribution in [-0.4, -0.2) is 30.1 Å². The standard InChI is InChI=1S/C16H24N2O2/c1-13(17)11-14-7-9-18(10-8-14)16(19)20-12-15-5-3-2-4-6-15/h2-6,13-14H,7-12,17H2,1H3. The minimum absolute atomic E-state index is 0.201. The minimum Gasteiger partial charge on any atom is -0.445 e. The molecule has 1 atom stereocenters. The Morgan fingerprint density at radius 2 is 2.00 bits per heavy atom. The first kappa shape index (κ1) is 14.9. The molecule has 0 aliphatic carbocycles. The number of likely N-dealkylation sites (tertiary alicyclic amines) is 1. The molecule has 1 aliphatic rings. The van der Waals surface area contributed by atoms with Gasteiger partial charge in [-0.25, -0.2) is 4.79 Å². The van der Waals surface area contributed by atoms with E-state index in [0.717, 1.165) is 37.9 Å². The van der Waals surface area contributed by atoms with E-state index in [9.17, 15) is 4.79 Å². The molecule has 1 heterocycles. The van der Waals surface area contributed by atoms with Gasteiger partial charge in [-0.2, -0.15) is 0 Å². The fraction of sp³-hybridized carbons (Fsp3) is 0.562. The zero-order valence-electron chi connectivity index (χ0n) is 12.1. The van der Waals surface area contributed by atoms with E-state index in [1.54, 1.807) is 4.90 Å². The van der Waals surface area contributed by atoms with Gasteiger partial charge < -0.3 is 15.4 Å². The van der Waals surface area contributed by atoms with Crippen molar-refractivity contribution in [3.63, 3.8) is 0 Å². The maximum absolute atomic E-state index is 12.0. The summed E-state index contributed by atoms with van der Waals surface area (Å²) >= 11 is 0. The highest BCUT2D eigenvalue weighted by Crippen LogP contribution is 2.22. The van der Waals surface area contributed by atoms with Crippen LogP contribution in [0.4, 0.5) is 4.79 Å². The van der Waals surface area contributed by atoms with Crippen LogP contribution in [0.15, 0.2) is 30.3 Å². The normalized spacial score (nSPS) is 17.8. The Labute approximate surface area is 120 Å². The fourth-order valence-corrected chi connectivity index (χ4v) is 2.69. The molecule has 110 valence electrons. The first-order valence-corrected chi connectivity index (χ1v) is 7.36. The number of hydrogen-bond acceptors (Lipinski definition) is 3. The van der Waals surface area contributed by atoms with E-state index in [4.69, 9.17) is 10.5 Å². The molecule has 0 spiro atoms. The number of nitrogens with two attached hydrogens (primary N) is 1. The second-order valence-electron chi connectivity index (χ2n) is 5.68. The van der Waals surface area contributed by atoms with Gasteiger partial charge in [0.25, 0.3) is 0 Å². The molecule has 1 unspecified atom stereocenters. The van der Waals surface area contributed by atoms with E-state index in [1.165, 1.54) is 0 Å². The Kier molecular flexibility index (Phi) is 5.41. The predicted molar refractivity (Wildman–Crippen MR) is 79.2 cm³/mol. The zero-order chi connectivity index (χ0) is 14.4. The Morgan fingerprint density at radius 3 is 2.60 bits per heavy atom. The topological polar surface area (TPSA) is 55.6 Å². The number of carbonyl (C=O) groups excluding carboxylic acids is 1. The van der Waals surface area contributed by atoms with Crippen LogP contribution in [0, 0.1) is 5.92 Å². The molecule has 1 aromatic rings. The average molecular weight is 276 g/mol. The van der Waals surface area contributed by atoms with Gasteiger partial charge in [-0.3, -0.25) is 0 Å². The molecular weight excluding hydrogens is 252 g/mol. The molecule has 2 N–H and O–H groups in total. The Bertz CT molecular complexity index is 412. The summed E-state index contributed by atoms with van der Waals surface area (Å²) in [4.78, 5) is 13.8. The average Bonchev–Trinajstić information content (AvgIpc) is 2.46. The third kappa shape index (κ3) is 4.53. The van der Waals surface area contributed by atoms with Crippen LogP contribution >= 0.6 is 0 Å². The molecule has 0 saturated carbocycles. The van der Waals surface area contributed by atoms with Crippen LogP contribution in [0.2, 0.25) is 0 Å². The summed E-state index contributed by atoms with van der Waals surface area (Å²) in [7, 11) is 0. The molecule has 4 heteroatoms. The van der Waals surface area contributed by atoms with Crippen molar-refractivity contribution >= 4 is 6.09 Å². The van der Waals surface area contributed by atoms with Gasteiger partial charge in [-0.05, 0) is 37.7 Å². The molecule has 1 aliphatic heterocycles. The predicted octanol–water partition coefficient (Wildman–Crippen LogP) is 2.77. The van der Waals surface area contributed by atoms with Crippen molar-refractivity contribution in [3.8, 4) is 0 Å². The third-order valence-corrected chi connectivity index (χ3v) is 3.78. The Balaban J connectivity index is 1.72. The second kappa shape index (κ2) is 7.29. The summed E-state index contributed by atoms with van der Waals surface area (Å²) in [6, 6.07) is 10.0. The zero-order valence-corrected chi connectivity index (χ0v) is 12.1. The van der Waals surface area contributed by atoms with Gasteiger partial charge in [0, 0.05) is 19.1 Å². The summed E-state index contributed by atoms with van der Waals surface area (Å²) in [5.74, 6) is 0.646. The van der Waals surface area contributed by atoms with Crippen LogP contribution in [0.25, 0.3) is 0 Å². The van der Waals surface area contributed by atoms with Crippen LogP contribution in [0.5, 0.6) is 0 Å². The molecule has 1 fully saturated rings. The Hall–Kier alpha value is -1.55.